The summed E-state index contributed by atoms with van der Waals surface area (Å²) >= 11 is 0. The average Bonchev–Trinajstić information content (AvgIpc) is 2.45. The smallest absolute Gasteiger partial charge is 0.314 e. The molecule has 0 aromatic carbocycles. The SMILES string of the molecule is C=C1CC(C(C)(C)CC(C)CC)C(=O)O1. The molecule has 1 saturated heterocycles. The van der Waals surface area contributed by atoms with Gasteiger partial charge in [-0.25, -0.2) is 0 Å². The van der Waals surface area contributed by atoms with Crippen molar-refractivity contribution in [1.29, 1.82) is 0 Å². The third kappa shape index (κ3) is 2.83. The Morgan fingerprint density at radius 3 is 2.60 bits per heavy atom. The summed E-state index contributed by atoms with van der Waals surface area (Å²) in [7, 11) is 0. The van der Waals surface area contributed by atoms with Gasteiger partial charge < -0.3 is 4.74 Å². The van der Waals surface area contributed by atoms with Gasteiger partial charge in [-0.05, 0) is 17.8 Å². The lowest BCUT2D eigenvalue weighted by Crippen LogP contribution is -2.29. The van der Waals surface area contributed by atoms with Crippen molar-refractivity contribution in [1.82, 2.24) is 0 Å². The van der Waals surface area contributed by atoms with Crippen LogP contribution < -0.4 is 0 Å². The number of hydrogen-bond acceptors (Lipinski definition) is 2. The molecule has 0 aromatic heterocycles. The fraction of sp³-hybridized carbons (Fsp3) is 0.769. The van der Waals surface area contributed by atoms with Gasteiger partial charge in [0.2, 0.25) is 0 Å². The van der Waals surface area contributed by atoms with Gasteiger partial charge in [-0.3, -0.25) is 4.79 Å². The van der Waals surface area contributed by atoms with Crippen molar-refractivity contribution >= 4 is 5.97 Å². The summed E-state index contributed by atoms with van der Waals surface area (Å²) in [5.74, 6) is 1.19. The molecule has 1 fully saturated rings. The molecule has 2 nitrogen and oxygen atoms in total. The lowest BCUT2D eigenvalue weighted by atomic mass is 9.72. The Hall–Kier alpha value is -0.790. The highest BCUT2D eigenvalue weighted by atomic mass is 16.5. The van der Waals surface area contributed by atoms with Gasteiger partial charge in [-0.15, -0.1) is 0 Å². The number of esters is 1. The summed E-state index contributed by atoms with van der Waals surface area (Å²) < 4.78 is 5.04. The zero-order valence-electron chi connectivity index (χ0n) is 10.3. The van der Waals surface area contributed by atoms with Crippen molar-refractivity contribution in [3.8, 4) is 0 Å². The van der Waals surface area contributed by atoms with Crippen molar-refractivity contribution in [2.45, 2.75) is 47.0 Å². The van der Waals surface area contributed by atoms with Crippen LogP contribution in [0.1, 0.15) is 47.0 Å². The maximum Gasteiger partial charge on any atom is 0.314 e. The normalized spacial score (nSPS) is 24.1. The molecule has 0 aliphatic carbocycles. The predicted octanol–water partition coefficient (Wildman–Crippen LogP) is 3.53. The van der Waals surface area contributed by atoms with Crippen LogP contribution in [0.15, 0.2) is 12.3 Å². The molecule has 1 aliphatic heterocycles. The summed E-state index contributed by atoms with van der Waals surface area (Å²) in [4.78, 5) is 11.6. The first-order valence-electron chi connectivity index (χ1n) is 5.76. The molecule has 86 valence electrons. The Kier molecular flexibility index (Phi) is 3.58. The molecule has 0 saturated carbocycles. The number of allylic oxidation sites excluding steroid dienone is 1. The summed E-state index contributed by atoms with van der Waals surface area (Å²) in [6.45, 7) is 12.5. The summed E-state index contributed by atoms with van der Waals surface area (Å²) in [6.07, 6.45) is 2.92. The van der Waals surface area contributed by atoms with Gasteiger partial charge in [-0.2, -0.15) is 0 Å². The van der Waals surface area contributed by atoms with Crippen LogP contribution in [0.3, 0.4) is 0 Å². The second-order valence-electron chi connectivity index (χ2n) is 5.42. The highest BCUT2D eigenvalue weighted by Gasteiger charge is 2.41. The molecule has 0 radical (unpaired) electrons. The monoisotopic (exact) mass is 210 g/mol. The second-order valence-corrected chi connectivity index (χ2v) is 5.42. The summed E-state index contributed by atoms with van der Waals surface area (Å²) in [5, 5.41) is 0. The number of rotatable bonds is 4. The Morgan fingerprint density at radius 2 is 2.20 bits per heavy atom. The van der Waals surface area contributed by atoms with Gasteiger partial charge in [0.1, 0.15) is 5.76 Å². The minimum Gasteiger partial charge on any atom is -0.431 e. The largest absolute Gasteiger partial charge is 0.431 e. The molecule has 0 N–H and O–H groups in total. The Labute approximate surface area is 92.7 Å². The van der Waals surface area contributed by atoms with Crippen molar-refractivity contribution in [3.05, 3.63) is 12.3 Å². The molecular formula is C13H22O2. The van der Waals surface area contributed by atoms with Gasteiger partial charge in [0, 0.05) is 6.42 Å². The van der Waals surface area contributed by atoms with E-state index in [9.17, 15) is 4.79 Å². The quantitative estimate of drug-likeness (QED) is 0.663. The van der Waals surface area contributed by atoms with E-state index in [1.165, 1.54) is 0 Å². The number of carbonyl (C=O) groups is 1. The fourth-order valence-electron chi connectivity index (χ4n) is 2.35. The van der Waals surface area contributed by atoms with E-state index in [0.29, 0.717) is 18.1 Å². The van der Waals surface area contributed by atoms with E-state index < -0.39 is 0 Å². The third-order valence-corrected chi connectivity index (χ3v) is 3.48. The third-order valence-electron chi connectivity index (χ3n) is 3.48. The average molecular weight is 210 g/mol. The zero-order chi connectivity index (χ0) is 11.6. The molecule has 2 atom stereocenters. The van der Waals surface area contributed by atoms with E-state index >= 15 is 0 Å². The molecule has 0 aromatic rings. The highest BCUT2D eigenvalue weighted by molar-refractivity contribution is 5.77. The van der Waals surface area contributed by atoms with E-state index in [2.05, 4.69) is 34.3 Å². The summed E-state index contributed by atoms with van der Waals surface area (Å²) in [6, 6.07) is 0. The molecule has 0 spiro atoms. The van der Waals surface area contributed by atoms with Gasteiger partial charge in [0.15, 0.2) is 0 Å². The summed E-state index contributed by atoms with van der Waals surface area (Å²) in [5.41, 5.74) is 0.0198. The van der Waals surface area contributed by atoms with Crippen LogP contribution in [0.4, 0.5) is 0 Å². The molecule has 1 aliphatic rings. The van der Waals surface area contributed by atoms with E-state index in [0.717, 1.165) is 12.8 Å². The van der Waals surface area contributed by atoms with Crippen LogP contribution in [-0.2, 0) is 9.53 Å². The fourth-order valence-corrected chi connectivity index (χ4v) is 2.35. The molecule has 2 unspecified atom stereocenters. The lowest BCUT2D eigenvalue weighted by molar-refractivity contribution is -0.142. The van der Waals surface area contributed by atoms with Crippen molar-refractivity contribution < 1.29 is 9.53 Å². The van der Waals surface area contributed by atoms with Gasteiger partial charge in [0.25, 0.3) is 0 Å². The molecule has 1 heterocycles. The van der Waals surface area contributed by atoms with Crippen LogP contribution in [0.5, 0.6) is 0 Å². The first-order chi connectivity index (χ1) is 6.86. The number of carbonyl (C=O) groups excluding carboxylic acids is 1. The van der Waals surface area contributed by atoms with Gasteiger partial charge in [0.05, 0.1) is 5.92 Å². The Balaban J connectivity index is 2.68. The van der Waals surface area contributed by atoms with E-state index in [-0.39, 0.29) is 17.3 Å². The van der Waals surface area contributed by atoms with Crippen LogP contribution in [0.25, 0.3) is 0 Å². The topological polar surface area (TPSA) is 26.3 Å². The minimum atomic E-state index is -0.0895. The Bertz CT molecular complexity index is 266. The predicted molar refractivity (Wildman–Crippen MR) is 61.2 cm³/mol. The van der Waals surface area contributed by atoms with E-state index in [1.54, 1.807) is 0 Å². The first-order valence-corrected chi connectivity index (χ1v) is 5.76. The van der Waals surface area contributed by atoms with Crippen molar-refractivity contribution in [3.63, 3.8) is 0 Å². The number of ether oxygens (including phenoxy) is 1. The van der Waals surface area contributed by atoms with Crippen molar-refractivity contribution in [2.24, 2.45) is 17.3 Å². The van der Waals surface area contributed by atoms with Crippen LogP contribution in [0, 0.1) is 17.3 Å². The zero-order valence-corrected chi connectivity index (χ0v) is 10.3. The maximum atomic E-state index is 11.6. The molecule has 0 amide bonds. The molecule has 15 heavy (non-hydrogen) atoms. The Morgan fingerprint density at radius 1 is 1.60 bits per heavy atom. The van der Waals surface area contributed by atoms with Gasteiger partial charge in [-0.1, -0.05) is 40.7 Å². The molecule has 1 rings (SSSR count). The first kappa shape index (κ1) is 12.3. The minimum absolute atomic E-state index is 0.000926. The standard InChI is InChI=1S/C13H22O2/c1-6-9(2)8-13(4,5)11-7-10(3)15-12(11)14/h9,11H,3,6-8H2,1-2,4-5H3. The van der Waals surface area contributed by atoms with Crippen LogP contribution >= 0.6 is 0 Å². The van der Waals surface area contributed by atoms with E-state index in [1.807, 2.05) is 0 Å². The lowest BCUT2D eigenvalue weighted by Gasteiger charge is -2.31. The second kappa shape index (κ2) is 4.38. The number of hydrogen-bond donors (Lipinski definition) is 0. The maximum absolute atomic E-state index is 11.6. The van der Waals surface area contributed by atoms with Crippen LogP contribution in [0.2, 0.25) is 0 Å². The van der Waals surface area contributed by atoms with E-state index in [4.69, 9.17) is 4.74 Å². The molecule has 2 heteroatoms. The van der Waals surface area contributed by atoms with Crippen molar-refractivity contribution in [2.75, 3.05) is 0 Å². The van der Waals surface area contributed by atoms with Gasteiger partial charge >= 0.3 is 5.97 Å². The highest BCUT2D eigenvalue weighted by Crippen LogP contribution is 2.42. The number of cyclic esters (lactones) is 1. The van der Waals surface area contributed by atoms with Crippen LogP contribution in [-0.4, -0.2) is 5.97 Å². The molecule has 0 bridgehead atoms. The molecular weight excluding hydrogens is 188 g/mol.